The van der Waals surface area contributed by atoms with Crippen molar-refractivity contribution in [2.45, 2.75) is 33.4 Å². The summed E-state index contributed by atoms with van der Waals surface area (Å²) in [4.78, 5) is 32.1. The molecule has 1 atom stereocenters. The molecule has 168 valence electrons. The fourth-order valence-electron chi connectivity index (χ4n) is 3.86. The molecule has 3 aromatic rings. The summed E-state index contributed by atoms with van der Waals surface area (Å²) in [5.74, 6) is -0.111. The smallest absolute Gasteiger partial charge is 0.290 e. The monoisotopic (exact) mass is 442 g/mol. The van der Waals surface area contributed by atoms with E-state index >= 15 is 0 Å². The highest BCUT2D eigenvalue weighted by Gasteiger charge is 2.46. The number of pyridine rings is 1. The van der Waals surface area contributed by atoms with Gasteiger partial charge in [-0.25, -0.2) is 0 Å². The molecule has 1 aliphatic rings. The first-order valence-corrected chi connectivity index (χ1v) is 10.8. The summed E-state index contributed by atoms with van der Waals surface area (Å²) in [5.41, 5.74) is 0.806. The summed E-state index contributed by atoms with van der Waals surface area (Å²) in [6, 6.07) is 19.5. The van der Waals surface area contributed by atoms with E-state index in [0.717, 1.165) is 5.56 Å². The Bertz CT molecular complexity index is 1200. The molecule has 0 spiro atoms. The van der Waals surface area contributed by atoms with Crippen molar-refractivity contribution in [3.63, 3.8) is 0 Å². The minimum absolute atomic E-state index is 0.105. The van der Waals surface area contributed by atoms with Gasteiger partial charge in [-0.3, -0.25) is 14.6 Å². The maximum absolute atomic E-state index is 13.3. The predicted octanol–water partition coefficient (Wildman–Crippen LogP) is 5.38. The summed E-state index contributed by atoms with van der Waals surface area (Å²) in [6.45, 7) is 5.52. The Morgan fingerprint density at radius 3 is 2.42 bits per heavy atom. The lowest BCUT2D eigenvalue weighted by Crippen LogP contribution is -2.32. The molecule has 0 fully saturated rings. The van der Waals surface area contributed by atoms with Gasteiger partial charge < -0.3 is 14.7 Å². The third-order valence-electron chi connectivity index (χ3n) is 5.46. The van der Waals surface area contributed by atoms with Crippen LogP contribution in [-0.4, -0.2) is 26.7 Å². The normalized spacial score (nSPS) is 16.3. The lowest BCUT2D eigenvalue weighted by atomic mass is 9.82. The van der Waals surface area contributed by atoms with Crippen molar-refractivity contribution in [1.29, 1.82) is 0 Å². The van der Waals surface area contributed by atoms with E-state index in [-0.39, 0.29) is 17.9 Å². The summed E-state index contributed by atoms with van der Waals surface area (Å²) in [7, 11) is 0. The van der Waals surface area contributed by atoms with E-state index in [0.29, 0.717) is 17.1 Å². The van der Waals surface area contributed by atoms with Gasteiger partial charge in [0.25, 0.3) is 5.91 Å². The number of nitrogens with zero attached hydrogens (tertiary/aromatic N) is 2. The minimum atomic E-state index is -0.774. The molecule has 0 saturated carbocycles. The average molecular weight is 443 g/mol. The van der Waals surface area contributed by atoms with E-state index in [1.54, 1.807) is 45.3 Å². The minimum Gasteiger partial charge on any atom is -0.503 e. The van der Waals surface area contributed by atoms with Crippen molar-refractivity contribution in [2.24, 2.45) is 5.41 Å². The van der Waals surface area contributed by atoms with Crippen molar-refractivity contribution >= 4 is 11.7 Å². The number of hydrogen-bond acceptors (Lipinski definition) is 5. The highest BCUT2D eigenvalue weighted by Crippen LogP contribution is 2.42. The number of carbonyl (C=O) groups is 2. The van der Waals surface area contributed by atoms with Crippen LogP contribution < -0.4 is 4.74 Å². The SMILES string of the molecule is CC(C)(C)C(=O)C1=C(O)C(=O)N(Cc2cccnc2)C1c1cccc(Oc2ccccc2)c1. The van der Waals surface area contributed by atoms with Crippen LogP contribution in [0.25, 0.3) is 0 Å². The van der Waals surface area contributed by atoms with E-state index in [4.69, 9.17) is 4.74 Å². The summed E-state index contributed by atoms with van der Waals surface area (Å²) >= 11 is 0. The van der Waals surface area contributed by atoms with Crippen molar-refractivity contribution in [3.8, 4) is 11.5 Å². The van der Waals surface area contributed by atoms with Crippen molar-refractivity contribution in [3.05, 3.63) is 102 Å². The van der Waals surface area contributed by atoms with Gasteiger partial charge in [0.15, 0.2) is 11.5 Å². The number of para-hydroxylation sites is 1. The van der Waals surface area contributed by atoms with Crippen LogP contribution in [0.4, 0.5) is 0 Å². The molecule has 0 bridgehead atoms. The third-order valence-corrected chi connectivity index (χ3v) is 5.46. The molecule has 2 heterocycles. The van der Waals surface area contributed by atoms with E-state index in [9.17, 15) is 14.7 Å². The number of Topliss-reactive ketones (excluding diaryl/α,β-unsaturated/α-hetero) is 1. The number of aromatic nitrogens is 1. The largest absolute Gasteiger partial charge is 0.503 e. The molecule has 4 rings (SSSR count). The van der Waals surface area contributed by atoms with Gasteiger partial charge in [0.1, 0.15) is 11.5 Å². The van der Waals surface area contributed by atoms with Crippen LogP contribution >= 0.6 is 0 Å². The van der Waals surface area contributed by atoms with Crippen molar-refractivity contribution in [2.75, 3.05) is 0 Å². The van der Waals surface area contributed by atoms with Gasteiger partial charge >= 0.3 is 0 Å². The Kier molecular flexibility index (Phi) is 6.01. The first-order chi connectivity index (χ1) is 15.8. The highest BCUT2D eigenvalue weighted by molar-refractivity contribution is 6.10. The average Bonchev–Trinajstić information content (AvgIpc) is 3.04. The molecule has 1 N–H and O–H groups in total. The van der Waals surface area contributed by atoms with Crippen LogP contribution in [0.5, 0.6) is 11.5 Å². The number of hydrogen-bond donors (Lipinski definition) is 1. The Labute approximate surface area is 193 Å². The maximum atomic E-state index is 13.3. The fraction of sp³-hybridized carbons (Fsp3) is 0.222. The number of ether oxygens (including phenoxy) is 1. The van der Waals surface area contributed by atoms with Gasteiger partial charge in [-0.1, -0.05) is 57.2 Å². The zero-order valence-electron chi connectivity index (χ0n) is 18.9. The second kappa shape index (κ2) is 8.90. The maximum Gasteiger partial charge on any atom is 0.290 e. The molecule has 1 amide bonds. The summed E-state index contributed by atoms with van der Waals surface area (Å²) < 4.78 is 5.97. The van der Waals surface area contributed by atoms with E-state index in [1.807, 2.05) is 54.6 Å². The topological polar surface area (TPSA) is 79.7 Å². The van der Waals surface area contributed by atoms with E-state index < -0.39 is 23.1 Å². The Hall–Kier alpha value is -3.93. The molecule has 1 aromatic heterocycles. The zero-order chi connectivity index (χ0) is 23.6. The molecule has 0 radical (unpaired) electrons. The number of rotatable bonds is 6. The van der Waals surface area contributed by atoms with E-state index in [2.05, 4.69) is 4.98 Å². The number of ketones is 1. The summed E-state index contributed by atoms with van der Waals surface area (Å²) in [6.07, 6.45) is 3.32. The standard InChI is InChI=1S/C27H26N2O4/c1-27(2,3)25(31)22-23(29(26(32)24(22)30)17-18-9-8-14-28-16-18)19-10-7-13-21(15-19)33-20-11-5-4-6-12-20/h4-16,23,30H,17H2,1-3H3. The van der Waals surface area contributed by atoms with Crippen molar-refractivity contribution in [1.82, 2.24) is 9.88 Å². The van der Waals surface area contributed by atoms with Gasteiger partial charge in [0, 0.05) is 24.4 Å². The van der Waals surface area contributed by atoms with Crippen LogP contribution in [0, 0.1) is 5.41 Å². The molecule has 0 saturated heterocycles. The first kappa shape index (κ1) is 22.3. The van der Waals surface area contributed by atoms with Gasteiger partial charge in [-0.05, 0) is 41.5 Å². The van der Waals surface area contributed by atoms with Crippen LogP contribution in [-0.2, 0) is 16.1 Å². The van der Waals surface area contributed by atoms with Gasteiger partial charge in [0.05, 0.1) is 11.6 Å². The number of amides is 1. The van der Waals surface area contributed by atoms with Gasteiger partial charge in [0.2, 0.25) is 0 Å². The molecule has 1 aliphatic heterocycles. The van der Waals surface area contributed by atoms with Crippen molar-refractivity contribution < 1.29 is 19.4 Å². The Balaban J connectivity index is 1.77. The lowest BCUT2D eigenvalue weighted by Gasteiger charge is -2.29. The molecule has 1 unspecified atom stereocenters. The van der Waals surface area contributed by atoms with Crippen LogP contribution in [0.3, 0.4) is 0 Å². The third kappa shape index (κ3) is 4.65. The molecule has 6 nitrogen and oxygen atoms in total. The molecular weight excluding hydrogens is 416 g/mol. The number of carbonyl (C=O) groups excluding carboxylic acids is 2. The highest BCUT2D eigenvalue weighted by atomic mass is 16.5. The molecule has 33 heavy (non-hydrogen) atoms. The predicted molar refractivity (Wildman–Crippen MR) is 125 cm³/mol. The lowest BCUT2D eigenvalue weighted by molar-refractivity contribution is -0.130. The Morgan fingerprint density at radius 2 is 1.76 bits per heavy atom. The number of aliphatic hydroxyl groups excluding tert-OH is 1. The van der Waals surface area contributed by atoms with Crippen LogP contribution in [0.1, 0.15) is 37.9 Å². The van der Waals surface area contributed by atoms with E-state index in [1.165, 1.54) is 4.90 Å². The molecule has 0 aliphatic carbocycles. The van der Waals surface area contributed by atoms with Crippen LogP contribution in [0.2, 0.25) is 0 Å². The zero-order valence-corrected chi connectivity index (χ0v) is 18.9. The molecular formula is C27H26N2O4. The molecule has 6 heteroatoms. The number of aliphatic hydroxyl groups is 1. The summed E-state index contributed by atoms with van der Waals surface area (Å²) in [5, 5.41) is 10.8. The first-order valence-electron chi connectivity index (χ1n) is 10.8. The Morgan fingerprint density at radius 1 is 1.03 bits per heavy atom. The fourth-order valence-corrected chi connectivity index (χ4v) is 3.86. The quantitative estimate of drug-likeness (QED) is 0.554. The van der Waals surface area contributed by atoms with Gasteiger partial charge in [-0.2, -0.15) is 0 Å². The second-order valence-electron chi connectivity index (χ2n) is 9.03. The second-order valence-corrected chi connectivity index (χ2v) is 9.03. The van der Waals surface area contributed by atoms with Gasteiger partial charge in [-0.15, -0.1) is 0 Å². The number of benzene rings is 2. The van der Waals surface area contributed by atoms with Crippen LogP contribution in [0.15, 0.2) is 90.5 Å². The molecule has 2 aromatic carbocycles.